The van der Waals surface area contributed by atoms with Crippen molar-refractivity contribution in [3.63, 3.8) is 0 Å². The van der Waals surface area contributed by atoms with Crippen LogP contribution in [0.15, 0.2) is 64.3 Å². The van der Waals surface area contributed by atoms with Crippen molar-refractivity contribution in [1.29, 1.82) is 0 Å². The number of benzene rings is 1. The van der Waals surface area contributed by atoms with E-state index in [-0.39, 0.29) is 18.0 Å². The molecule has 0 aliphatic heterocycles. The molecule has 134 valence electrons. The number of carbonyl (C=O) groups excluding carboxylic acids is 1. The first-order valence-corrected chi connectivity index (χ1v) is 8.16. The van der Waals surface area contributed by atoms with E-state index in [0.29, 0.717) is 24.4 Å². The van der Waals surface area contributed by atoms with E-state index in [2.05, 4.69) is 10.3 Å². The minimum absolute atomic E-state index is 0.0810. The highest BCUT2D eigenvalue weighted by atomic mass is 16.5. The maximum absolute atomic E-state index is 12.1. The molecule has 0 aliphatic carbocycles. The van der Waals surface area contributed by atoms with Crippen LogP contribution in [0.1, 0.15) is 5.56 Å². The molecule has 26 heavy (non-hydrogen) atoms. The normalized spacial score (nSPS) is 10.5. The molecule has 0 fully saturated rings. The van der Waals surface area contributed by atoms with Gasteiger partial charge in [0.2, 0.25) is 5.91 Å². The third kappa shape index (κ3) is 4.38. The SMILES string of the molecule is COc1cccc(CCNC(=O)Cn2cnc(-c3ccco3)cc2=O)c1. The predicted molar refractivity (Wildman–Crippen MR) is 95.9 cm³/mol. The van der Waals surface area contributed by atoms with Gasteiger partial charge in [-0.25, -0.2) is 4.98 Å². The van der Waals surface area contributed by atoms with Crippen molar-refractivity contribution in [2.45, 2.75) is 13.0 Å². The van der Waals surface area contributed by atoms with Crippen LogP contribution < -0.4 is 15.6 Å². The van der Waals surface area contributed by atoms with Gasteiger partial charge in [0.15, 0.2) is 5.76 Å². The first kappa shape index (κ1) is 17.5. The first-order chi connectivity index (χ1) is 12.7. The van der Waals surface area contributed by atoms with Crippen LogP contribution in [-0.2, 0) is 17.8 Å². The molecule has 0 radical (unpaired) electrons. The average molecular weight is 353 g/mol. The van der Waals surface area contributed by atoms with Crippen LogP contribution in [0, 0.1) is 0 Å². The molecule has 0 spiro atoms. The first-order valence-electron chi connectivity index (χ1n) is 8.16. The van der Waals surface area contributed by atoms with E-state index < -0.39 is 0 Å². The summed E-state index contributed by atoms with van der Waals surface area (Å²) < 4.78 is 11.6. The van der Waals surface area contributed by atoms with Gasteiger partial charge in [-0.1, -0.05) is 12.1 Å². The van der Waals surface area contributed by atoms with Crippen molar-refractivity contribution < 1.29 is 13.9 Å². The summed E-state index contributed by atoms with van der Waals surface area (Å²) >= 11 is 0. The van der Waals surface area contributed by atoms with E-state index in [1.54, 1.807) is 19.2 Å². The number of aromatic nitrogens is 2. The van der Waals surface area contributed by atoms with Gasteiger partial charge in [-0.15, -0.1) is 0 Å². The molecule has 1 N–H and O–H groups in total. The molecule has 7 heteroatoms. The van der Waals surface area contributed by atoms with Crippen LogP contribution >= 0.6 is 0 Å². The number of ether oxygens (including phenoxy) is 1. The predicted octanol–water partition coefficient (Wildman–Crippen LogP) is 1.87. The molecule has 3 rings (SSSR count). The minimum Gasteiger partial charge on any atom is -0.497 e. The second kappa shape index (κ2) is 8.15. The minimum atomic E-state index is -0.311. The van der Waals surface area contributed by atoms with Gasteiger partial charge in [-0.05, 0) is 36.2 Å². The lowest BCUT2D eigenvalue weighted by Crippen LogP contribution is -2.33. The lowest BCUT2D eigenvalue weighted by molar-refractivity contribution is -0.121. The average Bonchev–Trinajstić information content (AvgIpc) is 3.18. The maximum Gasteiger partial charge on any atom is 0.254 e. The van der Waals surface area contributed by atoms with Gasteiger partial charge in [0, 0.05) is 12.6 Å². The fraction of sp³-hybridized carbons (Fsp3) is 0.211. The van der Waals surface area contributed by atoms with Crippen LogP contribution in [0.4, 0.5) is 0 Å². The summed E-state index contributed by atoms with van der Waals surface area (Å²) in [5.74, 6) is 1.04. The molecule has 2 aromatic heterocycles. The Balaban J connectivity index is 1.54. The van der Waals surface area contributed by atoms with Crippen LogP contribution in [-0.4, -0.2) is 29.1 Å². The lowest BCUT2D eigenvalue weighted by atomic mass is 10.1. The Morgan fingerprint density at radius 1 is 1.27 bits per heavy atom. The molecule has 1 aromatic carbocycles. The van der Waals surface area contributed by atoms with Crippen LogP contribution in [0.3, 0.4) is 0 Å². The van der Waals surface area contributed by atoms with Crippen molar-refractivity contribution in [2.75, 3.05) is 13.7 Å². The summed E-state index contributed by atoms with van der Waals surface area (Å²) in [4.78, 5) is 28.3. The number of methoxy groups -OCH3 is 1. The lowest BCUT2D eigenvalue weighted by Gasteiger charge is -2.08. The summed E-state index contributed by atoms with van der Waals surface area (Å²) in [5, 5.41) is 2.80. The molecular weight excluding hydrogens is 334 g/mol. The van der Waals surface area contributed by atoms with Gasteiger partial charge in [-0.3, -0.25) is 14.2 Å². The van der Waals surface area contributed by atoms with Crippen molar-refractivity contribution in [3.05, 3.63) is 71.0 Å². The highest BCUT2D eigenvalue weighted by molar-refractivity contribution is 5.75. The zero-order valence-electron chi connectivity index (χ0n) is 14.3. The maximum atomic E-state index is 12.1. The Morgan fingerprint density at radius 3 is 2.88 bits per heavy atom. The quantitative estimate of drug-likeness (QED) is 0.701. The van der Waals surface area contributed by atoms with E-state index >= 15 is 0 Å². The molecule has 0 atom stereocenters. The van der Waals surface area contributed by atoms with E-state index in [1.807, 2.05) is 24.3 Å². The van der Waals surface area contributed by atoms with E-state index in [1.165, 1.54) is 23.2 Å². The molecule has 0 saturated carbocycles. The number of hydrogen-bond acceptors (Lipinski definition) is 5. The van der Waals surface area contributed by atoms with Crippen molar-refractivity contribution >= 4 is 5.91 Å². The third-order valence-electron chi connectivity index (χ3n) is 3.84. The number of amides is 1. The van der Waals surface area contributed by atoms with E-state index in [9.17, 15) is 9.59 Å². The van der Waals surface area contributed by atoms with Gasteiger partial charge in [-0.2, -0.15) is 0 Å². The van der Waals surface area contributed by atoms with Gasteiger partial charge in [0.25, 0.3) is 5.56 Å². The molecular formula is C19H19N3O4. The number of rotatable bonds is 7. The molecule has 0 saturated heterocycles. The zero-order chi connectivity index (χ0) is 18.4. The van der Waals surface area contributed by atoms with Gasteiger partial charge in [0.1, 0.15) is 18.0 Å². The summed E-state index contributed by atoms with van der Waals surface area (Å²) in [7, 11) is 1.61. The van der Waals surface area contributed by atoms with Gasteiger partial charge in [0.05, 0.1) is 19.7 Å². The summed E-state index contributed by atoms with van der Waals surface area (Å²) in [6.07, 6.45) is 3.54. The van der Waals surface area contributed by atoms with Crippen molar-refractivity contribution in [1.82, 2.24) is 14.9 Å². The topological polar surface area (TPSA) is 86.4 Å². The molecule has 7 nitrogen and oxygen atoms in total. The Hall–Kier alpha value is -3.35. The third-order valence-corrected chi connectivity index (χ3v) is 3.84. The van der Waals surface area contributed by atoms with Crippen LogP contribution in [0.5, 0.6) is 5.75 Å². The van der Waals surface area contributed by atoms with Crippen LogP contribution in [0.2, 0.25) is 0 Å². The Morgan fingerprint density at radius 2 is 2.15 bits per heavy atom. The Bertz CT molecular complexity index is 932. The fourth-order valence-corrected chi connectivity index (χ4v) is 2.49. The highest BCUT2D eigenvalue weighted by Crippen LogP contribution is 2.14. The van der Waals surface area contributed by atoms with Gasteiger partial charge >= 0.3 is 0 Å². The zero-order valence-corrected chi connectivity index (χ0v) is 14.3. The van der Waals surface area contributed by atoms with E-state index in [0.717, 1.165) is 11.3 Å². The summed E-state index contributed by atoms with van der Waals surface area (Å²) in [6.45, 7) is 0.390. The molecule has 3 aromatic rings. The number of carbonyl (C=O) groups is 1. The fourth-order valence-electron chi connectivity index (χ4n) is 2.49. The smallest absolute Gasteiger partial charge is 0.254 e. The van der Waals surface area contributed by atoms with Gasteiger partial charge < -0.3 is 14.5 Å². The molecule has 0 aliphatic rings. The number of nitrogens with zero attached hydrogens (tertiary/aromatic N) is 2. The Kier molecular flexibility index (Phi) is 5.48. The number of nitrogens with one attached hydrogen (secondary N) is 1. The highest BCUT2D eigenvalue weighted by Gasteiger charge is 2.08. The second-order valence-electron chi connectivity index (χ2n) is 5.67. The summed E-state index contributed by atoms with van der Waals surface area (Å²) in [5.41, 5.74) is 1.19. The Labute approximate surface area is 150 Å². The van der Waals surface area contributed by atoms with Crippen molar-refractivity contribution in [2.24, 2.45) is 0 Å². The molecule has 0 unspecified atom stereocenters. The monoisotopic (exact) mass is 353 g/mol. The largest absolute Gasteiger partial charge is 0.497 e. The molecule has 1 amide bonds. The molecule has 2 heterocycles. The number of furan rings is 1. The standard InChI is InChI=1S/C19H19N3O4/c1-25-15-5-2-4-14(10-15)7-8-20-18(23)12-22-13-21-16(11-19(22)24)17-6-3-9-26-17/h2-6,9-11,13H,7-8,12H2,1H3,(H,20,23). The van der Waals surface area contributed by atoms with Crippen LogP contribution in [0.25, 0.3) is 11.5 Å². The number of hydrogen-bond donors (Lipinski definition) is 1. The van der Waals surface area contributed by atoms with Crippen molar-refractivity contribution in [3.8, 4) is 17.2 Å². The summed E-state index contributed by atoms with van der Waals surface area (Å²) in [6, 6.07) is 12.5. The van der Waals surface area contributed by atoms with E-state index in [4.69, 9.17) is 9.15 Å². The second-order valence-corrected chi connectivity index (χ2v) is 5.67. The molecule has 0 bridgehead atoms.